The lowest BCUT2D eigenvalue weighted by Crippen LogP contribution is -2.25. The van der Waals surface area contributed by atoms with E-state index in [-0.39, 0.29) is 16.8 Å². The van der Waals surface area contributed by atoms with Gasteiger partial charge in [0.25, 0.3) is 0 Å². The summed E-state index contributed by atoms with van der Waals surface area (Å²) < 4.78 is 40.9. The van der Waals surface area contributed by atoms with Crippen LogP contribution in [-0.4, -0.2) is 25.9 Å². The van der Waals surface area contributed by atoms with Gasteiger partial charge in [0.1, 0.15) is 34.6 Å². The molecule has 1 fully saturated rings. The number of hydrogen-bond acceptors (Lipinski definition) is 7. The molecule has 3 heterocycles. The minimum Gasteiger partial charge on any atom is -0.493 e. The summed E-state index contributed by atoms with van der Waals surface area (Å²) in [6.07, 6.45) is 2.79. The first-order valence-corrected chi connectivity index (χ1v) is 16.2. The molecule has 4 aromatic carbocycles. The molecule has 48 heavy (non-hydrogen) atoms. The van der Waals surface area contributed by atoms with Crippen molar-refractivity contribution in [1.29, 1.82) is 0 Å². The second kappa shape index (κ2) is 14.9. The van der Waals surface area contributed by atoms with Gasteiger partial charge in [-0.05, 0) is 66.9 Å². The first-order chi connectivity index (χ1) is 23.3. The van der Waals surface area contributed by atoms with Gasteiger partial charge in [-0.3, -0.25) is 0 Å². The van der Waals surface area contributed by atoms with E-state index in [1.54, 1.807) is 30.3 Å². The highest BCUT2D eigenvalue weighted by molar-refractivity contribution is 6.33. The van der Waals surface area contributed by atoms with Gasteiger partial charge in [0, 0.05) is 64.6 Å². The molecule has 9 heteroatoms. The second-order valence-corrected chi connectivity index (χ2v) is 11.9. The van der Waals surface area contributed by atoms with Crippen LogP contribution in [0.25, 0.3) is 44.2 Å². The lowest BCUT2D eigenvalue weighted by molar-refractivity contribution is 0.0256. The van der Waals surface area contributed by atoms with Gasteiger partial charge in [0.05, 0.1) is 24.8 Å². The summed E-state index contributed by atoms with van der Waals surface area (Å²) in [4.78, 5) is 23.9. The maximum Gasteiger partial charge on any atom is 0.336 e. The van der Waals surface area contributed by atoms with E-state index in [2.05, 4.69) is 0 Å². The number of benzene rings is 4. The molecule has 0 spiro atoms. The molecule has 0 amide bonds. The molecule has 0 radical (unpaired) electrons. The Balaban J connectivity index is 0.000000168. The Morgan fingerprint density at radius 2 is 1.38 bits per heavy atom. The Hall–Kier alpha value is -4.92. The zero-order valence-electron chi connectivity index (χ0n) is 26.6. The molecule has 6 aromatic rings. The minimum absolute atomic E-state index is 0.150. The Morgan fingerprint density at radius 3 is 2.02 bits per heavy atom. The number of hydrogen-bond donors (Lipinski definition) is 0. The lowest BCUT2D eigenvalue weighted by atomic mass is 9.98. The van der Waals surface area contributed by atoms with Crippen LogP contribution in [0.2, 0.25) is 5.02 Å². The number of rotatable bonds is 7. The van der Waals surface area contributed by atoms with Crippen LogP contribution in [0.15, 0.2) is 109 Å². The van der Waals surface area contributed by atoms with Crippen molar-refractivity contribution in [1.82, 2.24) is 0 Å². The van der Waals surface area contributed by atoms with Crippen LogP contribution < -0.4 is 20.7 Å². The van der Waals surface area contributed by atoms with E-state index in [4.69, 9.17) is 34.6 Å². The zero-order chi connectivity index (χ0) is 33.6. The summed E-state index contributed by atoms with van der Waals surface area (Å²) in [6.45, 7) is 6.09. The molecule has 246 valence electrons. The fourth-order valence-corrected chi connectivity index (χ4v) is 5.95. The molecule has 0 bridgehead atoms. The first-order valence-electron chi connectivity index (χ1n) is 15.8. The summed E-state index contributed by atoms with van der Waals surface area (Å²) in [5, 5.41) is 1.86. The monoisotopic (exact) mass is 668 g/mol. The maximum absolute atomic E-state index is 13.2. The van der Waals surface area contributed by atoms with Gasteiger partial charge in [-0.2, -0.15) is 0 Å². The van der Waals surface area contributed by atoms with Crippen LogP contribution in [0.3, 0.4) is 0 Å². The van der Waals surface area contributed by atoms with Crippen molar-refractivity contribution in [2.75, 3.05) is 19.8 Å². The van der Waals surface area contributed by atoms with Gasteiger partial charge >= 0.3 is 11.3 Å². The highest BCUT2D eigenvalue weighted by Gasteiger charge is 2.17. The third kappa shape index (κ3) is 7.62. The Labute approximate surface area is 281 Å². The molecule has 0 unspecified atom stereocenters. The average molecular weight is 669 g/mol. The van der Waals surface area contributed by atoms with Crippen molar-refractivity contribution in [2.45, 2.75) is 39.2 Å². The van der Waals surface area contributed by atoms with Crippen molar-refractivity contribution in [3.05, 3.63) is 128 Å². The summed E-state index contributed by atoms with van der Waals surface area (Å²) in [5.74, 6) is 0.926. The fraction of sp³-hybridized carbons (Fsp3) is 0.231. The number of halogens is 2. The van der Waals surface area contributed by atoms with E-state index >= 15 is 0 Å². The summed E-state index contributed by atoms with van der Waals surface area (Å²) in [5.41, 5.74) is 4.33. The quantitative estimate of drug-likeness (QED) is 0.157. The predicted molar refractivity (Wildman–Crippen MR) is 186 cm³/mol. The van der Waals surface area contributed by atoms with Crippen LogP contribution >= 0.6 is 11.6 Å². The van der Waals surface area contributed by atoms with Gasteiger partial charge < -0.3 is 23.0 Å². The van der Waals surface area contributed by atoms with E-state index in [0.717, 1.165) is 60.3 Å². The van der Waals surface area contributed by atoms with Crippen LogP contribution in [-0.2, 0) is 4.74 Å². The number of fused-ring (bicyclic) bond motifs is 2. The topological polar surface area (TPSA) is 88.1 Å². The lowest BCUT2D eigenvalue weighted by Gasteiger charge is -2.23. The van der Waals surface area contributed by atoms with Crippen molar-refractivity contribution < 1.29 is 27.4 Å². The number of ether oxygens (including phenoxy) is 3. The molecule has 0 saturated carbocycles. The molecular weight excluding hydrogens is 635 g/mol. The van der Waals surface area contributed by atoms with Gasteiger partial charge in [-0.25, -0.2) is 14.0 Å². The third-order valence-electron chi connectivity index (χ3n) is 8.03. The first kappa shape index (κ1) is 33.0. The molecular formula is C39H34ClFO7. The zero-order valence-corrected chi connectivity index (χ0v) is 27.3. The van der Waals surface area contributed by atoms with Crippen LogP contribution in [0.4, 0.5) is 4.39 Å². The van der Waals surface area contributed by atoms with Crippen LogP contribution in [0, 0.1) is 12.7 Å². The van der Waals surface area contributed by atoms with Crippen molar-refractivity contribution in [2.24, 2.45) is 0 Å². The van der Waals surface area contributed by atoms with Crippen molar-refractivity contribution in [3.63, 3.8) is 0 Å². The van der Waals surface area contributed by atoms with Crippen molar-refractivity contribution >= 4 is 33.5 Å². The van der Waals surface area contributed by atoms with E-state index in [1.807, 2.05) is 56.3 Å². The van der Waals surface area contributed by atoms with E-state index in [9.17, 15) is 14.0 Å². The minimum atomic E-state index is -0.500. The molecule has 7 nitrogen and oxygen atoms in total. The fourth-order valence-electron chi connectivity index (χ4n) is 5.68. The van der Waals surface area contributed by atoms with Crippen LogP contribution in [0.1, 0.15) is 31.7 Å². The molecule has 0 atom stereocenters. The Kier molecular flexibility index (Phi) is 10.2. The van der Waals surface area contributed by atoms with Crippen molar-refractivity contribution in [3.8, 4) is 33.8 Å². The van der Waals surface area contributed by atoms with Gasteiger partial charge in [0.2, 0.25) is 0 Å². The van der Waals surface area contributed by atoms with E-state index in [0.29, 0.717) is 40.0 Å². The second-order valence-electron chi connectivity index (χ2n) is 11.5. The maximum atomic E-state index is 13.2. The normalized spacial score (nSPS) is 13.2. The SMILES string of the molecule is CCCOc1ccc2c(-c3ccc(F)cc3Cl)cc(=O)oc2c1.Cc1ccccc1-c1cc(=O)oc2cc(OC3CCOCC3)ccc12. The summed E-state index contributed by atoms with van der Waals surface area (Å²) in [7, 11) is 0. The van der Waals surface area contributed by atoms with Crippen LogP contribution in [0.5, 0.6) is 11.5 Å². The average Bonchev–Trinajstić information content (AvgIpc) is 3.07. The molecule has 1 saturated heterocycles. The molecule has 1 aliphatic rings. The molecule has 7 rings (SSSR count). The molecule has 0 N–H and O–H groups in total. The summed E-state index contributed by atoms with van der Waals surface area (Å²) >= 11 is 6.12. The molecule has 2 aromatic heterocycles. The highest BCUT2D eigenvalue weighted by Crippen LogP contribution is 2.35. The van der Waals surface area contributed by atoms with E-state index < -0.39 is 11.4 Å². The Bertz CT molecular complexity index is 2180. The Morgan fingerprint density at radius 1 is 0.750 bits per heavy atom. The molecule has 0 aliphatic carbocycles. The highest BCUT2D eigenvalue weighted by atomic mass is 35.5. The third-order valence-corrected chi connectivity index (χ3v) is 8.35. The van der Waals surface area contributed by atoms with Gasteiger partial charge in [-0.15, -0.1) is 0 Å². The largest absolute Gasteiger partial charge is 0.493 e. The van der Waals surface area contributed by atoms with Gasteiger partial charge in [-0.1, -0.05) is 42.8 Å². The van der Waals surface area contributed by atoms with E-state index in [1.165, 1.54) is 18.2 Å². The standard InChI is InChI=1S/C21H20O4.C18H14ClFO3/c1-14-4-2-3-5-17(14)19-13-21(22)25-20-12-16(6-7-18(19)20)24-15-8-10-23-11-9-15;1-2-7-22-12-4-6-14-15(10-18(21)23-17(14)9-12)13-5-3-11(20)8-16(13)19/h2-7,12-13,15H,8-11H2,1H3;3-6,8-10H,2,7H2,1H3. The molecule has 1 aliphatic heterocycles. The number of aryl methyl sites for hydroxylation is 1. The predicted octanol–water partition coefficient (Wildman–Crippen LogP) is 9.37. The summed E-state index contributed by atoms with van der Waals surface area (Å²) in [6, 6.07) is 26.0. The van der Waals surface area contributed by atoms with Gasteiger partial charge in [0.15, 0.2) is 0 Å². The smallest absolute Gasteiger partial charge is 0.336 e.